The fraction of sp³-hybridized carbons (Fsp3) is 0.647. The molecule has 1 saturated carbocycles. The molecule has 0 amide bonds. The average molecular weight is 337 g/mol. The Labute approximate surface area is 131 Å². The van der Waals surface area contributed by atoms with E-state index in [0.717, 1.165) is 22.9 Å². The van der Waals surface area contributed by atoms with Crippen molar-refractivity contribution in [1.82, 2.24) is 4.90 Å². The highest BCUT2D eigenvalue weighted by Gasteiger charge is 2.30. The van der Waals surface area contributed by atoms with Gasteiger partial charge in [0.15, 0.2) is 0 Å². The molecule has 3 rings (SSSR count). The molecule has 110 valence electrons. The summed E-state index contributed by atoms with van der Waals surface area (Å²) in [6.07, 6.45) is 7.33. The van der Waals surface area contributed by atoms with E-state index in [1.165, 1.54) is 57.4 Å². The summed E-state index contributed by atoms with van der Waals surface area (Å²) in [4.78, 5) is 2.66. The minimum absolute atomic E-state index is 0.987. The van der Waals surface area contributed by atoms with Crippen molar-refractivity contribution in [2.75, 3.05) is 31.5 Å². The summed E-state index contributed by atoms with van der Waals surface area (Å²) < 4.78 is 1.16. The van der Waals surface area contributed by atoms with Crippen LogP contribution in [0.15, 0.2) is 28.7 Å². The van der Waals surface area contributed by atoms with E-state index in [4.69, 9.17) is 0 Å². The van der Waals surface area contributed by atoms with Crippen molar-refractivity contribution in [2.24, 2.45) is 11.8 Å². The summed E-state index contributed by atoms with van der Waals surface area (Å²) in [5, 5.41) is 3.54. The third kappa shape index (κ3) is 3.56. The van der Waals surface area contributed by atoms with Gasteiger partial charge in [-0.15, -0.1) is 0 Å². The Morgan fingerprint density at radius 3 is 2.75 bits per heavy atom. The molecule has 1 aromatic rings. The predicted octanol–water partition coefficient (Wildman–Crippen LogP) is 4.37. The van der Waals surface area contributed by atoms with Crippen molar-refractivity contribution < 1.29 is 0 Å². The lowest BCUT2D eigenvalue weighted by molar-refractivity contribution is 0.0898. The number of rotatable bonds is 4. The number of anilines is 1. The molecule has 2 nitrogen and oxygen atoms in total. The largest absolute Gasteiger partial charge is 0.383 e. The van der Waals surface area contributed by atoms with Gasteiger partial charge >= 0.3 is 0 Å². The van der Waals surface area contributed by atoms with E-state index in [0.29, 0.717) is 0 Å². The molecular formula is C17H25BrN2. The summed E-state index contributed by atoms with van der Waals surface area (Å²) in [7, 11) is 0. The maximum Gasteiger partial charge on any atom is 0.0485 e. The maximum absolute atomic E-state index is 3.59. The van der Waals surface area contributed by atoms with Crippen LogP contribution in [0.1, 0.15) is 32.1 Å². The molecule has 0 spiro atoms. The Balaban J connectivity index is 1.44. The standard InChI is InChI=1S/C17H25BrN2/c18-16-7-3-4-8-17(16)19-10-12-20-11-9-14-5-1-2-6-15(14)13-20/h3-4,7-8,14-15,19H,1-2,5-6,9-13H2. The monoisotopic (exact) mass is 336 g/mol. The van der Waals surface area contributed by atoms with Gasteiger partial charge in [-0.05, 0) is 59.3 Å². The average Bonchev–Trinajstić information content (AvgIpc) is 2.49. The number of hydrogen-bond donors (Lipinski definition) is 1. The van der Waals surface area contributed by atoms with Gasteiger partial charge < -0.3 is 10.2 Å². The number of para-hydroxylation sites is 1. The number of hydrogen-bond acceptors (Lipinski definition) is 2. The van der Waals surface area contributed by atoms with E-state index < -0.39 is 0 Å². The number of benzene rings is 1. The normalized spacial score (nSPS) is 27.1. The zero-order valence-corrected chi connectivity index (χ0v) is 13.7. The van der Waals surface area contributed by atoms with Gasteiger partial charge in [0.2, 0.25) is 0 Å². The highest BCUT2D eigenvalue weighted by Crippen LogP contribution is 2.35. The lowest BCUT2D eigenvalue weighted by atomic mass is 9.75. The van der Waals surface area contributed by atoms with Gasteiger partial charge in [0.25, 0.3) is 0 Å². The molecule has 1 aromatic carbocycles. The van der Waals surface area contributed by atoms with Crippen LogP contribution in [0, 0.1) is 11.8 Å². The van der Waals surface area contributed by atoms with Crippen LogP contribution < -0.4 is 5.32 Å². The van der Waals surface area contributed by atoms with Crippen LogP contribution in [0.3, 0.4) is 0 Å². The van der Waals surface area contributed by atoms with Crippen LogP contribution in [0.25, 0.3) is 0 Å². The third-order valence-corrected chi connectivity index (χ3v) is 5.68. The lowest BCUT2D eigenvalue weighted by Gasteiger charge is -2.41. The summed E-state index contributed by atoms with van der Waals surface area (Å²) in [5.41, 5.74) is 1.21. The number of likely N-dealkylation sites (tertiary alicyclic amines) is 1. The van der Waals surface area contributed by atoms with E-state index in [9.17, 15) is 0 Å². The first kappa shape index (κ1) is 14.4. The van der Waals surface area contributed by atoms with Crippen LogP contribution >= 0.6 is 15.9 Å². The molecule has 2 fully saturated rings. The summed E-state index contributed by atoms with van der Waals surface area (Å²) in [5.74, 6) is 2.03. The van der Waals surface area contributed by atoms with E-state index in [1.807, 2.05) is 0 Å². The van der Waals surface area contributed by atoms with Gasteiger partial charge in [-0.1, -0.05) is 31.4 Å². The minimum Gasteiger partial charge on any atom is -0.383 e. The van der Waals surface area contributed by atoms with Crippen molar-refractivity contribution in [3.8, 4) is 0 Å². The van der Waals surface area contributed by atoms with E-state index >= 15 is 0 Å². The topological polar surface area (TPSA) is 15.3 Å². The molecule has 20 heavy (non-hydrogen) atoms. The Morgan fingerprint density at radius 2 is 1.90 bits per heavy atom. The van der Waals surface area contributed by atoms with Gasteiger partial charge in [-0.3, -0.25) is 0 Å². The molecular weight excluding hydrogens is 312 g/mol. The van der Waals surface area contributed by atoms with E-state index in [2.05, 4.69) is 50.4 Å². The van der Waals surface area contributed by atoms with Gasteiger partial charge in [0.1, 0.15) is 0 Å². The Kier molecular flexibility index (Phi) is 5.00. The Bertz CT molecular complexity index is 435. The van der Waals surface area contributed by atoms with Gasteiger partial charge in [-0.25, -0.2) is 0 Å². The molecule has 1 aliphatic heterocycles. The first-order chi connectivity index (χ1) is 9.83. The van der Waals surface area contributed by atoms with E-state index in [-0.39, 0.29) is 0 Å². The third-order valence-electron chi connectivity index (χ3n) is 4.99. The van der Waals surface area contributed by atoms with Crippen LogP contribution in [-0.4, -0.2) is 31.1 Å². The van der Waals surface area contributed by atoms with Gasteiger partial charge in [0, 0.05) is 29.8 Å². The molecule has 2 unspecified atom stereocenters. The number of fused-ring (bicyclic) bond motifs is 1. The maximum atomic E-state index is 3.59. The molecule has 1 heterocycles. The fourth-order valence-corrected chi connectivity index (χ4v) is 4.26. The van der Waals surface area contributed by atoms with Crippen molar-refractivity contribution in [1.29, 1.82) is 0 Å². The van der Waals surface area contributed by atoms with Crippen molar-refractivity contribution in [3.63, 3.8) is 0 Å². The van der Waals surface area contributed by atoms with Gasteiger partial charge in [-0.2, -0.15) is 0 Å². The molecule has 1 aliphatic carbocycles. The molecule has 3 heteroatoms. The summed E-state index contributed by atoms with van der Waals surface area (Å²) in [6.45, 7) is 4.85. The molecule has 0 radical (unpaired) electrons. The van der Waals surface area contributed by atoms with Crippen molar-refractivity contribution >= 4 is 21.6 Å². The summed E-state index contributed by atoms with van der Waals surface area (Å²) >= 11 is 3.59. The lowest BCUT2D eigenvalue weighted by Crippen LogP contribution is -2.43. The van der Waals surface area contributed by atoms with Gasteiger partial charge in [0.05, 0.1) is 0 Å². The molecule has 1 N–H and O–H groups in total. The van der Waals surface area contributed by atoms with E-state index in [1.54, 1.807) is 0 Å². The smallest absolute Gasteiger partial charge is 0.0485 e. The second-order valence-electron chi connectivity index (χ2n) is 6.30. The number of nitrogens with one attached hydrogen (secondary N) is 1. The second kappa shape index (κ2) is 6.95. The summed E-state index contributed by atoms with van der Waals surface area (Å²) in [6, 6.07) is 8.37. The van der Waals surface area contributed by atoms with Crippen LogP contribution in [0.2, 0.25) is 0 Å². The van der Waals surface area contributed by atoms with Crippen molar-refractivity contribution in [3.05, 3.63) is 28.7 Å². The Morgan fingerprint density at radius 1 is 1.10 bits per heavy atom. The number of piperidine rings is 1. The number of nitrogens with zero attached hydrogens (tertiary/aromatic N) is 1. The minimum atomic E-state index is 0.987. The SMILES string of the molecule is Brc1ccccc1NCCN1CCC2CCCCC2C1. The molecule has 1 saturated heterocycles. The highest BCUT2D eigenvalue weighted by molar-refractivity contribution is 9.10. The van der Waals surface area contributed by atoms with Crippen LogP contribution in [0.5, 0.6) is 0 Å². The van der Waals surface area contributed by atoms with Crippen molar-refractivity contribution in [2.45, 2.75) is 32.1 Å². The zero-order chi connectivity index (χ0) is 13.8. The first-order valence-corrected chi connectivity index (χ1v) is 8.83. The highest BCUT2D eigenvalue weighted by atomic mass is 79.9. The second-order valence-corrected chi connectivity index (χ2v) is 7.15. The number of halogens is 1. The van der Waals surface area contributed by atoms with Crippen LogP contribution in [-0.2, 0) is 0 Å². The molecule has 2 atom stereocenters. The zero-order valence-electron chi connectivity index (χ0n) is 12.2. The molecule has 0 aromatic heterocycles. The molecule has 2 aliphatic rings. The van der Waals surface area contributed by atoms with Crippen LogP contribution in [0.4, 0.5) is 5.69 Å². The fourth-order valence-electron chi connectivity index (χ4n) is 3.83. The molecule has 0 bridgehead atoms. The quantitative estimate of drug-likeness (QED) is 0.877. The predicted molar refractivity (Wildman–Crippen MR) is 89.1 cm³/mol. The Hall–Kier alpha value is -0.540. The first-order valence-electron chi connectivity index (χ1n) is 8.03.